The van der Waals surface area contributed by atoms with Gasteiger partial charge in [0, 0.05) is 24.7 Å². The summed E-state index contributed by atoms with van der Waals surface area (Å²) in [5.41, 5.74) is 3.68. The van der Waals surface area contributed by atoms with E-state index in [0.29, 0.717) is 0 Å². The maximum Gasteiger partial charge on any atom is 0.0695 e. The Labute approximate surface area is 151 Å². The summed E-state index contributed by atoms with van der Waals surface area (Å²) in [6.45, 7) is 4.81. The molecule has 1 aromatic heterocycles. The molecule has 1 aromatic carbocycles. The molecule has 2 aliphatic rings. The molecule has 4 nitrogen and oxygen atoms in total. The van der Waals surface area contributed by atoms with Gasteiger partial charge in [-0.05, 0) is 57.3 Å². The smallest absolute Gasteiger partial charge is 0.0695 e. The number of aromatic amines is 1. The first-order chi connectivity index (χ1) is 12.3. The highest BCUT2D eigenvalue weighted by Gasteiger charge is 2.33. The highest BCUT2D eigenvalue weighted by Crippen LogP contribution is 2.31. The van der Waals surface area contributed by atoms with E-state index in [-0.39, 0.29) is 0 Å². The Bertz CT molecular complexity index is 664. The summed E-state index contributed by atoms with van der Waals surface area (Å²) >= 11 is 0. The van der Waals surface area contributed by atoms with E-state index in [1.54, 1.807) is 0 Å². The molecule has 0 bridgehead atoms. The molecular weight excluding hydrogens is 308 g/mol. The normalized spacial score (nSPS) is 24.4. The minimum atomic E-state index is 0.822. The number of rotatable bonds is 5. The van der Waals surface area contributed by atoms with Crippen molar-refractivity contribution in [3.63, 3.8) is 0 Å². The van der Waals surface area contributed by atoms with Crippen molar-refractivity contribution >= 4 is 0 Å². The lowest BCUT2D eigenvalue weighted by Gasteiger charge is -2.45. The summed E-state index contributed by atoms with van der Waals surface area (Å²) in [7, 11) is 2.27. The van der Waals surface area contributed by atoms with Crippen molar-refractivity contribution in [1.82, 2.24) is 20.0 Å². The molecule has 2 aromatic rings. The number of nitrogens with zero attached hydrogens (tertiary/aromatic N) is 3. The van der Waals surface area contributed by atoms with Gasteiger partial charge in [0.25, 0.3) is 0 Å². The second-order valence-electron chi connectivity index (χ2n) is 7.83. The van der Waals surface area contributed by atoms with Crippen LogP contribution in [0.1, 0.15) is 37.7 Å². The molecule has 0 radical (unpaired) electrons. The fraction of sp³-hybridized carbons (Fsp3) is 0.571. The van der Waals surface area contributed by atoms with E-state index in [1.807, 2.05) is 6.20 Å². The summed E-state index contributed by atoms with van der Waals surface area (Å²) in [6, 6.07) is 11.4. The summed E-state index contributed by atoms with van der Waals surface area (Å²) in [5.74, 6) is 0.825. The summed E-state index contributed by atoms with van der Waals surface area (Å²) in [4.78, 5) is 5.26. The minimum absolute atomic E-state index is 0.822. The van der Waals surface area contributed by atoms with Crippen LogP contribution in [0.3, 0.4) is 0 Å². The molecular formula is C21H30N4. The van der Waals surface area contributed by atoms with Crippen molar-refractivity contribution in [2.75, 3.05) is 26.7 Å². The Morgan fingerprint density at radius 2 is 1.96 bits per heavy atom. The molecule has 3 heterocycles. The average Bonchev–Trinajstić information content (AvgIpc) is 3.11. The predicted molar refractivity (Wildman–Crippen MR) is 102 cm³/mol. The molecule has 0 amide bonds. The van der Waals surface area contributed by atoms with E-state index in [1.165, 1.54) is 62.9 Å². The van der Waals surface area contributed by atoms with E-state index >= 15 is 0 Å². The van der Waals surface area contributed by atoms with Crippen LogP contribution in [0.15, 0.2) is 36.5 Å². The molecule has 0 saturated carbocycles. The number of nitrogens with one attached hydrogen (secondary N) is 1. The van der Waals surface area contributed by atoms with Crippen molar-refractivity contribution < 1.29 is 0 Å². The van der Waals surface area contributed by atoms with Crippen LogP contribution in [-0.2, 0) is 6.54 Å². The Kier molecular flexibility index (Phi) is 5.18. The van der Waals surface area contributed by atoms with Gasteiger partial charge in [0.05, 0.1) is 11.9 Å². The van der Waals surface area contributed by atoms with Crippen molar-refractivity contribution in [2.24, 2.45) is 5.92 Å². The van der Waals surface area contributed by atoms with Gasteiger partial charge in [0.1, 0.15) is 0 Å². The lowest BCUT2D eigenvalue weighted by Crippen LogP contribution is -2.50. The number of fused-ring (bicyclic) bond motifs is 1. The zero-order chi connectivity index (χ0) is 17.1. The Hall–Kier alpha value is -1.65. The van der Waals surface area contributed by atoms with Gasteiger partial charge in [0.15, 0.2) is 0 Å². The Morgan fingerprint density at radius 3 is 2.84 bits per heavy atom. The highest BCUT2D eigenvalue weighted by molar-refractivity contribution is 5.62. The second kappa shape index (κ2) is 7.71. The van der Waals surface area contributed by atoms with Crippen LogP contribution in [0.2, 0.25) is 0 Å². The predicted octanol–water partition coefficient (Wildman–Crippen LogP) is 3.77. The first kappa shape index (κ1) is 16.8. The van der Waals surface area contributed by atoms with Gasteiger partial charge in [0.2, 0.25) is 0 Å². The topological polar surface area (TPSA) is 35.2 Å². The summed E-state index contributed by atoms with van der Waals surface area (Å²) in [5, 5.41) is 7.50. The molecule has 2 saturated heterocycles. The summed E-state index contributed by atoms with van der Waals surface area (Å²) in [6.07, 6.45) is 8.97. The summed E-state index contributed by atoms with van der Waals surface area (Å²) < 4.78 is 0. The third kappa shape index (κ3) is 3.80. The van der Waals surface area contributed by atoms with Gasteiger partial charge in [-0.2, -0.15) is 5.10 Å². The van der Waals surface area contributed by atoms with Gasteiger partial charge >= 0.3 is 0 Å². The molecule has 0 unspecified atom stereocenters. The molecule has 2 atom stereocenters. The maximum absolute atomic E-state index is 4.30. The second-order valence-corrected chi connectivity index (χ2v) is 7.83. The molecule has 25 heavy (non-hydrogen) atoms. The van der Waals surface area contributed by atoms with E-state index < -0.39 is 0 Å². The van der Waals surface area contributed by atoms with E-state index in [4.69, 9.17) is 0 Å². The zero-order valence-electron chi connectivity index (χ0n) is 15.3. The fourth-order valence-electron chi connectivity index (χ4n) is 4.83. The van der Waals surface area contributed by atoms with Gasteiger partial charge in [-0.15, -0.1) is 0 Å². The molecule has 134 valence electrons. The lowest BCUT2D eigenvalue weighted by atomic mass is 9.83. The third-order valence-corrected chi connectivity index (χ3v) is 6.00. The van der Waals surface area contributed by atoms with Crippen molar-refractivity contribution in [3.8, 4) is 11.3 Å². The van der Waals surface area contributed by atoms with E-state index in [0.717, 1.165) is 24.2 Å². The fourth-order valence-corrected chi connectivity index (χ4v) is 4.83. The van der Waals surface area contributed by atoms with Crippen LogP contribution in [0, 0.1) is 5.92 Å². The number of hydrogen-bond donors (Lipinski definition) is 1. The van der Waals surface area contributed by atoms with Crippen LogP contribution < -0.4 is 0 Å². The van der Waals surface area contributed by atoms with Crippen LogP contribution in [0.25, 0.3) is 11.3 Å². The Morgan fingerprint density at radius 1 is 1.12 bits per heavy atom. The van der Waals surface area contributed by atoms with Crippen LogP contribution in [0.4, 0.5) is 0 Å². The first-order valence-electron chi connectivity index (χ1n) is 9.81. The first-order valence-corrected chi connectivity index (χ1v) is 9.81. The zero-order valence-corrected chi connectivity index (χ0v) is 15.3. The third-order valence-electron chi connectivity index (χ3n) is 6.00. The van der Waals surface area contributed by atoms with E-state index in [2.05, 4.69) is 57.4 Å². The molecule has 4 rings (SSSR count). The molecule has 1 N–H and O–H groups in total. The average molecular weight is 338 g/mol. The quantitative estimate of drug-likeness (QED) is 0.901. The number of hydrogen-bond acceptors (Lipinski definition) is 3. The number of piperidine rings is 2. The molecule has 4 heteroatoms. The standard InChI is InChI=1S/C21H30N4/c1-24(15-18-10-7-13-25-12-6-5-11-20(18)25)16-19-14-22-23-21(19)17-8-3-2-4-9-17/h2-4,8-9,14,18,20H,5-7,10-13,15-16H2,1H3,(H,22,23)/t18-,20+/m0/s1. The van der Waals surface area contributed by atoms with Gasteiger partial charge in [-0.3, -0.25) is 5.10 Å². The number of benzene rings is 1. The van der Waals surface area contributed by atoms with Crippen molar-refractivity contribution in [1.29, 1.82) is 0 Å². The molecule has 2 aliphatic heterocycles. The molecule has 0 spiro atoms. The lowest BCUT2D eigenvalue weighted by molar-refractivity contribution is 0.0435. The number of aromatic nitrogens is 2. The number of H-pyrrole nitrogens is 1. The maximum atomic E-state index is 4.30. The molecule has 2 fully saturated rings. The monoisotopic (exact) mass is 338 g/mol. The SMILES string of the molecule is CN(Cc1cn[nH]c1-c1ccccc1)C[C@@H]1CCCN2CCCC[C@H]12. The van der Waals surface area contributed by atoms with Gasteiger partial charge in [-0.25, -0.2) is 0 Å². The molecule has 0 aliphatic carbocycles. The largest absolute Gasteiger partial charge is 0.302 e. The minimum Gasteiger partial charge on any atom is -0.302 e. The van der Waals surface area contributed by atoms with E-state index in [9.17, 15) is 0 Å². The van der Waals surface area contributed by atoms with Crippen LogP contribution in [-0.4, -0.2) is 52.7 Å². The van der Waals surface area contributed by atoms with Crippen molar-refractivity contribution in [3.05, 3.63) is 42.1 Å². The van der Waals surface area contributed by atoms with Gasteiger partial charge in [-0.1, -0.05) is 36.8 Å². The Balaban J connectivity index is 1.41. The van der Waals surface area contributed by atoms with Crippen LogP contribution in [0.5, 0.6) is 0 Å². The highest BCUT2D eigenvalue weighted by atomic mass is 15.2. The van der Waals surface area contributed by atoms with Gasteiger partial charge < -0.3 is 9.80 Å². The van der Waals surface area contributed by atoms with Crippen LogP contribution >= 0.6 is 0 Å². The van der Waals surface area contributed by atoms with Crippen molar-refractivity contribution in [2.45, 2.75) is 44.7 Å².